The van der Waals surface area contributed by atoms with Gasteiger partial charge in [0.15, 0.2) is 11.6 Å². The number of hydrogen-bond donors (Lipinski definition) is 0. The van der Waals surface area contributed by atoms with Crippen LogP contribution in [-0.2, 0) is 31.3 Å². The standard InChI is InChI=1S/C31H38FN5O2/c1-5-39-28-14-26(33-15-24(28)32)20(2)37-18-31(10-11-31)29-22(17-35(3)4)12-21(13-23(29)30(37)38)16-36-19-34-25-8-6-7-9-27(25)36/h12-15,19-20H,5-11,16-18H2,1-4H3. The average molecular weight is 532 g/mol. The molecule has 3 aromatic rings. The van der Waals surface area contributed by atoms with Crippen molar-refractivity contribution in [3.63, 3.8) is 0 Å². The number of fused-ring (bicyclic) bond motifs is 3. The molecule has 7 nitrogen and oxygen atoms in total. The number of amides is 1. The van der Waals surface area contributed by atoms with Crippen LogP contribution in [0.5, 0.6) is 5.75 Å². The zero-order chi connectivity index (χ0) is 27.3. The van der Waals surface area contributed by atoms with Crippen molar-refractivity contribution in [2.75, 3.05) is 27.2 Å². The number of rotatable bonds is 8. The number of pyridine rings is 1. The summed E-state index contributed by atoms with van der Waals surface area (Å²) in [4.78, 5) is 27.4. The summed E-state index contributed by atoms with van der Waals surface area (Å²) in [7, 11) is 4.17. The molecule has 206 valence electrons. The topological polar surface area (TPSA) is 63.5 Å². The van der Waals surface area contributed by atoms with Gasteiger partial charge in [0.2, 0.25) is 0 Å². The molecule has 1 atom stereocenters. The maximum Gasteiger partial charge on any atom is 0.254 e. The largest absolute Gasteiger partial charge is 0.491 e. The molecule has 2 aliphatic carbocycles. The van der Waals surface area contributed by atoms with Gasteiger partial charge in [-0.2, -0.15) is 0 Å². The van der Waals surface area contributed by atoms with Crippen LogP contribution in [0.25, 0.3) is 0 Å². The summed E-state index contributed by atoms with van der Waals surface area (Å²) < 4.78 is 22.0. The molecule has 39 heavy (non-hydrogen) atoms. The minimum atomic E-state index is -0.485. The number of nitrogens with zero attached hydrogens (tertiary/aromatic N) is 5. The predicted octanol–water partition coefficient (Wildman–Crippen LogP) is 5.05. The zero-order valence-electron chi connectivity index (χ0n) is 23.5. The molecule has 0 N–H and O–H groups in total. The third-order valence-corrected chi connectivity index (χ3v) is 8.61. The quantitative estimate of drug-likeness (QED) is 0.407. The SMILES string of the molecule is CCOc1cc(C(C)N2CC3(CC3)c3c(CN(C)C)cc(Cn4cnc5c4CCCC5)cc3C2=O)ncc1F. The highest BCUT2D eigenvalue weighted by atomic mass is 19.1. The van der Waals surface area contributed by atoms with E-state index in [-0.39, 0.29) is 23.1 Å². The first kappa shape index (κ1) is 26.0. The Bertz CT molecular complexity index is 1410. The van der Waals surface area contributed by atoms with Gasteiger partial charge in [0.1, 0.15) is 0 Å². The number of ether oxygens (including phenoxy) is 1. The van der Waals surface area contributed by atoms with Crippen LogP contribution in [0, 0.1) is 5.82 Å². The van der Waals surface area contributed by atoms with Crippen LogP contribution in [0.4, 0.5) is 4.39 Å². The van der Waals surface area contributed by atoms with Crippen molar-refractivity contribution in [1.29, 1.82) is 0 Å². The molecule has 0 saturated heterocycles. The highest BCUT2D eigenvalue weighted by molar-refractivity contribution is 5.98. The summed E-state index contributed by atoms with van der Waals surface area (Å²) in [5, 5.41) is 0. The summed E-state index contributed by atoms with van der Waals surface area (Å²) in [6.45, 7) is 6.33. The number of halogens is 1. The van der Waals surface area contributed by atoms with Crippen LogP contribution in [0.1, 0.15) is 89.7 Å². The number of benzene rings is 1. The molecule has 1 aromatic carbocycles. The molecule has 3 aliphatic rings. The van der Waals surface area contributed by atoms with Crippen molar-refractivity contribution in [3.05, 3.63) is 75.9 Å². The van der Waals surface area contributed by atoms with Gasteiger partial charge in [-0.1, -0.05) is 6.07 Å². The summed E-state index contributed by atoms with van der Waals surface area (Å²) >= 11 is 0. The predicted molar refractivity (Wildman–Crippen MR) is 148 cm³/mol. The Morgan fingerprint density at radius 2 is 1.95 bits per heavy atom. The Morgan fingerprint density at radius 3 is 2.69 bits per heavy atom. The maximum absolute atomic E-state index is 14.2. The molecule has 1 fully saturated rings. The molecule has 6 rings (SSSR count). The van der Waals surface area contributed by atoms with Gasteiger partial charge < -0.3 is 19.1 Å². The van der Waals surface area contributed by atoms with Crippen LogP contribution >= 0.6 is 0 Å². The van der Waals surface area contributed by atoms with Crippen LogP contribution in [-0.4, -0.2) is 57.5 Å². The van der Waals surface area contributed by atoms with Crippen molar-refractivity contribution in [2.45, 2.75) is 76.9 Å². The molecule has 3 heterocycles. The van der Waals surface area contributed by atoms with Gasteiger partial charge in [0.25, 0.3) is 5.91 Å². The normalized spacial score (nSPS) is 18.3. The van der Waals surface area contributed by atoms with E-state index < -0.39 is 5.82 Å². The molecule has 1 amide bonds. The van der Waals surface area contributed by atoms with E-state index >= 15 is 0 Å². The van der Waals surface area contributed by atoms with E-state index in [1.807, 2.05) is 25.1 Å². The highest BCUT2D eigenvalue weighted by Crippen LogP contribution is 2.55. The minimum absolute atomic E-state index is 0.0219. The molecule has 8 heteroatoms. The van der Waals surface area contributed by atoms with Gasteiger partial charge in [-0.15, -0.1) is 0 Å². The number of carbonyl (C=O) groups is 1. The first-order chi connectivity index (χ1) is 18.8. The molecular formula is C31H38FN5O2. The Labute approximate surface area is 230 Å². The molecule has 0 bridgehead atoms. The molecule has 1 unspecified atom stereocenters. The smallest absolute Gasteiger partial charge is 0.254 e. The average Bonchev–Trinajstić information content (AvgIpc) is 3.57. The lowest BCUT2D eigenvalue weighted by molar-refractivity contribution is 0.0633. The summed E-state index contributed by atoms with van der Waals surface area (Å²) in [5.41, 5.74) is 7.58. The zero-order valence-corrected chi connectivity index (χ0v) is 23.5. The van der Waals surface area contributed by atoms with Gasteiger partial charge in [-0.05, 0) is 89.2 Å². The first-order valence-electron chi connectivity index (χ1n) is 14.2. The van der Waals surface area contributed by atoms with Crippen molar-refractivity contribution >= 4 is 5.91 Å². The highest BCUT2D eigenvalue weighted by Gasteiger charge is 2.53. The minimum Gasteiger partial charge on any atom is -0.491 e. The second-order valence-corrected chi connectivity index (χ2v) is 11.8. The van der Waals surface area contributed by atoms with E-state index in [9.17, 15) is 9.18 Å². The Hall–Kier alpha value is -3.26. The number of aromatic nitrogens is 3. The lowest BCUT2D eigenvalue weighted by Crippen LogP contribution is -2.45. The molecule has 0 radical (unpaired) electrons. The third-order valence-electron chi connectivity index (χ3n) is 8.61. The van der Waals surface area contributed by atoms with Crippen LogP contribution < -0.4 is 4.74 Å². The lowest BCUT2D eigenvalue weighted by Gasteiger charge is -2.40. The van der Waals surface area contributed by atoms with E-state index in [4.69, 9.17) is 9.72 Å². The van der Waals surface area contributed by atoms with Crippen molar-refractivity contribution in [2.24, 2.45) is 0 Å². The van der Waals surface area contributed by atoms with Crippen LogP contribution in [0.2, 0.25) is 0 Å². The summed E-state index contributed by atoms with van der Waals surface area (Å²) in [5.74, 6) is -0.283. The van der Waals surface area contributed by atoms with E-state index in [1.54, 1.807) is 6.07 Å². The van der Waals surface area contributed by atoms with Gasteiger partial charge in [0.05, 0.1) is 36.6 Å². The molecule has 1 saturated carbocycles. The van der Waals surface area contributed by atoms with Crippen LogP contribution in [0.15, 0.2) is 30.7 Å². The van der Waals surface area contributed by atoms with Gasteiger partial charge in [-0.3, -0.25) is 9.78 Å². The first-order valence-corrected chi connectivity index (χ1v) is 14.2. The lowest BCUT2D eigenvalue weighted by atomic mass is 9.81. The number of aryl methyl sites for hydroxylation is 1. The van der Waals surface area contributed by atoms with Gasteiger partial charge in [-0.25, -0.2) is 9.37 Å². The van der Waals surface area contributed by atoms with E-state index in [2.05, 4.69) is 40.7 Å². The van der Waals surface area contributed by atoms with Crippen LogP contribution in [0.3, 0.4) is 0 Å². The fraction of sp³-hybridized carbons (Fsp3) is 0.516. The van der Waals surface area contributed by atoms with Crippen molar-refractivity contribution in [3.8, 4) is 5.75 Å². The second-order valence-electron chi connectivity index (χ2n) is 11.8. The van der Waals surface area contributed by atoms with Gasteiger partial charge in [0, 0.05) is 42.4 Å². The fourth-order valence-electron chi connectivity index (χ4n) is 6.58. The van der Waals surface area contributed by atoms with Crippen molar-refractivity contribution in [1.82, 2.24) is 24.3 Å². The van der Waals surface area contributed by atoms with E-state index in [1.165, 1.54) is 41.6 Å². The maximum atomic E-state index is 14.2. The Morgan fingerprint density at radius 1 is 1.15 bits per heavy atom. The Balaban J connectivity index is 1.39. The van der Waals surface area contributed by atoms with Gasteiger partial charge >= 0.3 is 0 Å². The number of carbonyl (C=O) groups excluding carboxylic acids is 1. The van der Waals surface area contributed by atoms with E-state index in [0.717, 1.165) is 43.4 Å². The number of imidazole rings is 1. The Kier molecular flexibility index (Phi) is 6.69. The van der Waals surface area contributed by atoms with Crippen molar-refractivity contribution < 1.29 is 13.9 Å². The molecule has 2 aromatic heterocycles. The summed E-state index contributed by atoms with van der Waals surface area (Å²) in [6.07, 6.45) is 9.81. The number of hydrogen-bond acceptors (Lipinski definition) is 5. The molecular weight excluding hydrogens is 493 g/mol. The monoisotopic (exact) mass is 531 g/mol. The fourth-order valence-corrected chi connectivity index (χ4v) is 6.58. The third kappa shape index (κ3) is 4.73. The van der Waals surface area contributed by atoms with E-state index in [0.29, 0.717) is 25.4 Å². The molecule has 1 spiro atoms. The second kappa shape index (κ2) is 10.0. The summed E-state index contributed by atoms with van der Waals surface area (Å²) in [6, 6.07) is 5.78. The molecule has 1 aliphatic heterocycles.